The Morgan fingerprint density at radius 3 is 2.58 bits per heavy atom. The van der Waals surface area contributed by atoms with Crippen molar-refractivity contribution in [3.8, 4) is 0 Å². The summed E-state index contributed by atoms with van der Waals surface area (Å²) in [7, 11) is 0. The third kappa shape index (κ3) is 2.45. The molecule has 102 valence electrons. The minimum absolute atomic E-state index is 0.107. The summed E-state index contributed by atoms with van der Waals surface area (Å²) in [5.41, 5.74) is 1.92. The van der Waals surface area contributed by atoms with Gasteiger partial charge in [0.15, 0.2) is 0 Å². The van der Waals surface area contributed by atoms with Crippen LogP contribution in [0.15, 0.2) is 30.3 Å². The molecule has 0 unspecified atom stereocenters. The van der Waals surface area contributed by atoms with E-state index in [1.54, 1.807) is 0 Å². The Bertz CT molecular complexity index is 483. The highest BCUT2D eigenvalue weighted by Gasteiger charge is 2.56. The number of halogens is 1. The molecule has 19 heavy (non-hydrogen) atoms. The van der Waals surface area contributed by atoms with Gasteiger partial charge < -0.3 is 0 Å². The van der Waals surface area contributed by atoms with Gasteiger partial charge in [-0.2, -0.15) is 0 Å². The molecule has 2 saturated carbocycles. The molecule has 0 aliphatic heterocycles. The topological polar surface area (TPSA) is 17.1 Å². The molecule has 2 heteroatoms. The second-order valence-corrected chi connectivity index (χ2v) is 7.39. The van der Waals surface area contributed by atoms with E-state index in [0.717, 1.165) is 18.8 Å². The molecule has 2 aliphatic carbocycles. The zero-order valence-electron chi connectivity index (χ0n) is 11.5. The predicted molar refractivity (Wildman–Crippen MR) is 78.1 cm³/mol. The first-order chi connectivity index (χ1) is 9.01. The first-order valence-corrected chi connectivity index (χ1v) is 7.62. The maximum absolute atomic E-state index is 11.5. The summed E-state index contributed by atoms with van der Waals surface area (Å²) < 4.78 is 0. The van der Waals surface area contributed by atoms with Gasteiger partial charge in [-0.3, -0.25) is 4.79 Å². The number of fused-ring (bicyclic) bond motifs is 1. The standard InChI is InChI=1S/C17H21ClO/c1-16-8-7-14(16)10-17(12-16,11-15(18)19)9-13-5-3-2-4-6-13/h2-6,14H,7-12H2,1H3/t14-,16+,17-/m0/s1. The van der Waals surface area contributed by atoms with Gasteiger partial charge in [0.2, 0.25) is 5.24 Å². The lowest BCUT2D eigenvalue weighted by atomic mass is 9.63. The summed E-state index contributed by atoms with van der Waals surface area (Å²) in [4.78, 5) is 11.5. The second-order valence-electron chi connectivity index (χ2n) is 6.96. The molecular formula is C17H21ClO. The lowest BCUT2D eigenvalue weighted by Crippen LogP contribution is -2.32. The fourth-order valence-corrected chi connectivity index (χ4v) is 4.81. The molecule has 0 bridgehead atoms. The second kappa shape index (κ2) is 4.63. The highest BCUT2D eigenvalue weighted by atomic mass is 35.5. The number of hydrogen-bond acceptors (Lipinski definition) is 1. The van der Waals surface area contributed by atoms with Crippen LogP contribution in [0.2, 0.25) is 0 Å². The van der Waals surface area contributed by atoms with Crippen LogP contribution in [-0.4, -0.2) is 5.24 Å². The van der Waals surface area contributed by atoms with Crippen molar-refractivity contribution in [3.05, 3.63) is 35.9 Å². The zero-order valence-corrected chi connectivity index (χ0v) is 12.2. The van der Waals surface area contributed by atoms with Gasteiger partial charge in [-0.1, -0.05) is 37.3 Å². The molecule has 0 heterocycles. The SMILES string of the molecule is C[C@]12CC[C@H]1C[C@](CC(=O)Cl)(Cc1ccccc1)C2. The Balaban J connectivity index is 1.84. The van der Waals surface area contributed by atoms with Crippen LogP contribution in [0, 0.1) is 16.7 Å². The summed E-state index contributed by atoms with van der Waals surface area (Å²) >= 11 is 5.74. The van der Waals surface area contributed by atoms with Crippen molar-refractivity contribution in [2.75, 3.05) is 0 Å². The number of hydrogen-bond donors (Lipinski definition) is 0. The third-order valence-electron chi connectivity index (χ3n) is 5.44. The van der Waals surface area contributed by atoms with Crippen molar-refractivity contribution in [1.29, 1.82) is 0 Å². The molecule has 3 rings (SSSR count). The van der Waals surface area contributed by atoms with E-state index in [4.69, 9.17) is 11.6 Å². The zero-order chi connectivity index (χ0) is 13.5. The maximum atomic E-state index is 11.5. The molecule has 0 N–H and O–H groups in total. The predicted octanol–water partition coefficient (Wildman–Crippen LogP) is 4.58. The van der Waals surface area contributed by atoms with E-state index in [-0.39, 0.29) is 10.7 Å². The van der Waals surface area contributed by atoms with Crippen LogP contribution in [0.1, 0.15) is 44.6 Å². The van der Waals surface area contributed by atoms with Gasteiger partial charge in [0.1, 0.15) is 0 Å². The molecule has 2 fully saturated rings. The first kappa shape index (κ1) is 13.2. The summed E-state index contributed by atoms with van der Waals surface area (Å²) in [6.45, 7) is 2.40. The highest BCUT2D eigenvalue weighted by Crippen LogP contribution is 2.65. The highest BCUT2D eigenvalue weighted by molar-refractivity contribution is 6.63. The van der Waals surface area contributed by atoms with E-state index < -0.39 is 0 Å². The van der Waals surface area contributed by atoms with E-state index >= 15 is 0 Å². The van der Waals surface area contributed by atoms with Gasteiger partial charge >= 0.3 is 0 Å². The van der Waals surface area contributed by atoms with E-state index in [0.29, 0.717) is 11.8 Å². The molecule has 3 atom stereocenters. The minimum Gasteiger partial charge on any atom is -0.281 e. The van der Waals surface area contributed by atoms with Crippen LogP contribution in [0.4, 0.5) is 0 Å². The molecule has 0 aromatic heterocycles. The lowest BCUT2D eigenvalue weighted by molar-refractivity contribution is -0.113. The Hall–Kier alpha value is -0.820. The smallest absolute Gasteiger partial charge is 0.222 e. The molecule has 0 saturated heterocycles. The summed E-state index contributed by atoms with van der Waals surface area (Å²) in [5, 5.41) is -0.166. The first-order valence-electron chi connectivity index (χ1n) is 7.24. The van der Waals surface area contributed by atoms with Crippen LogP contribution in [-0.2, 0) is 11.2 Å². The third-order valence-corrected chi connectivity index (χ3v) is 5.58. The number of benzene rings is 1. The van der Waals surface area contributed by atoms with Gasteiger partial charge in [0, 0.05) is 6.42 Å². The Morgan fingerprint density at radius 2 is 2.11 bits per heavy atom. The number of rotatable bonds is 4. The Morgan fingerprint density at radius 1 is 1.37 bits per heavy atom. The van der Waals surface area contributed by atoms with E-state index in [2.05, 4.69) is 31.2 Å². The van der Waals surface area contributed by atoms with Crippen molar-refractivity contribution in [2.24, 2.45) is 16.7 Å². The van der Waals surface area contributed by atoms with E-state index in [9.17, 15) is 4.79 Å². The summed E-state index contributed by atoms with van der Waals surface area (Å²) in [5.74, 6) is 0.812. The fraction of sp³-hybridized carbons (Fsp3) is 0.588. The van der Waals surface area contributed by atoms with Crippen LogP contribution < -0.4 is 0 Å². The molecule has 0 amide bonds. The number of carbonyl (C=O) groups excluding carboxylic acids is 1. The van der Waals surface area contributed by atoms with E-state index in [1.165, 1.54) is 24.8 Å². The average Bonchev–Trinajstić information content (AvgIpc) is 2.52. The largest absolute Gasteiger partial charge is 0.281 e. The maximum Gasteiger partial charge on any atom is 0.222 e. The monoisotopic (exact) mass is 276 g/mol. The van der Waals surface area contributed by atoms with Crippen LogP contribution in [0.5, 0.6) is 0 Å². The Labute approximate surface area is 120 Å². The van der Waals surface area contributed by atoms with Crippen molar-refractivity contribution >= 4 is 16.8 Å². The van der Waals surface area contributed by atoms with Gasteiger partial charge in [0.25, 0.3) is 0 Å². The van der Waals surface area contributed by atoms with Gasteiger partial charge in [-0.05, 0) is 66.0 Å². The summed E-state index contributed by atoms with van der Waals surface area (Å²) in [6, 6.07) is 10.5. The molecule has 0 radical (unpaired) electrons. The van der Waals surface area contributed by atoms with Gasteiger partial charge in [-0.25, -0.2) is 0 Å². The van der Waals surface area contributed by atoms with Gasteiger partial charge in [-0.15, -0.1) is 0 Å². The number of carbonyl (C=O) groups is 1. The molecule has 1 nitrogen and oxygen atoms in total. The van der Waals surface area contributed by atoms with Gasteiger partial charge in [0.05, 0.1) is 0 Å². The van der Waals surface area contributed by atoms with E-state index in [1.807, 2.05) is 6.07 Å². The molecular weight excluding hydrogens is 256 g/mol. The molecule has 1 aromatic carbocycles. The van der Waals surface area contributed by atoms with Crippen molar-refractivity contribution in [1.82, 2.24) is 0 Å². The van der Waals surface area contributed by atoms with Crippen LogP contribution in [0.3, 0.4) is 0 Å². The van der Waals surface area contributed by atoms with Crippen LogP contribution in [0.25, 0.3) is 0 Å². The Kier molecular flexibility index (Phi) is 3.21. The molecule has 1 aromatic rings. The van der Waals surface area contributed by atoms with Crippen molar-refractivity contribution in [2.45, 2.75) is 45.4 Å². The normalized spacial score (nSPS) is 36.6. The quantitative estimate of drug-likeness (QED) is 0.736. The average molecular weight is 277 g/mol. The summed E-state index contributed by atoms with van der Waals surface area (Å²) in [6.07, 6.45) is 6.54. The molecule has 2 aliphatic rings. The molecule has 0 spiro atoms. The minimum atomic E-state index is -0.166. The van der Waals surface area contributed by atoms with Crippen LogP contribution >= 0.6 is 11.6 Å². The van der Waals surface area contributed by atoms with Crippen molar-refractivity contribution in [3.63, 3.8) is 0 Å². The van der Waals surface area contributed by atoms with Crippen molar-refractivity contribution < 1.29 is 4.79 Å². The fourth-order valence-electron chi connectivity index (χ4n) is 4.53. The lowest BCUT2D eigenvalue weighted by Gasteiger charge is -2.42.